The number of nitrogens with one attached hydrogen (secondary N) is 1. The van der Waals surface area contributed by atoms with E-state index < -0.39 is 0 Å². The molecule has 2 aromatic rings. The minimum Gasteiger partial charge on any atom is -0.487 e. The molecule has 0 bridgehead atoms. The molecule has 0 radical (unpaired) electrons. The highest BCUT2D eigenvalue weighted by molar-refractivity contribution is 5.37. The van der Waals surface area contributed by atoms with Crippen LogP contribution in [0.2, 0.25) is 0 Å². The van der Waals surface area contributed by atoms with Crippen LogP contribution in [0.3, 0.4) is 0 Å². The summed E-state index contributed by atoms with van der Waals surface area (Å²) >= 11 is 0. The quantitative estimate of drug-likeness (QED) is 0.888. The van der Waals surface area contributed by atoms with Gasteiger partial charge in [-0.05, 0) is 25.2 Å². The lowest BCUT2D eigenvalue weighted by Crippen LogP contribution is -2.06. The fraction of sp³-hybridized carbons (Fsp3) is 0.200. The molecule has 2 rings (SSSR count). The fourth-order valence-corrected chi connectivity index (χ4v) is 1.70. The van der Waals surface area contributed by atoms with Crippen molar-refractivity contribution in [3.05, 3.63) is 59.4 Å². The lowest BCUT2D eigenvalue weighted by Gasteiger charge is -2.07. The minimum absolute atomic E-state index is 0.372. The predicted octanol–water partition coefficient (Wildman–Crippen LogP) is 2.25. The monoisotopic (exact) mass is 253 g/mol. The molecule has 1 aromatic carbocycles. The summed E-state index contributed by atoms with van der Waals surface area (Å²) in [6.45, 7) is 1.11. The zero-order valence-electron chi connectivity index (χ0n) is 10.8. The molecule has 4 heteroatoms. The molecule has 96 valence electrons. The summed E-state index contributed by atoms with van der Waals surface area (Å²) < 4.78 is 5.63. The average molecular weight is 253 g/mol. The Kier molecular flexibility index (Phi) is 4.49. The molecule has 0 unspecified atom stereocenters. The summed E-state index contributed by atoms with van der Waals surface area (Å²) in [6.07, 6.45) is 1.70. The van der Waals surface area contributed by atoms with Crippen LogP contribution in [0.1, 0.15) is 16.8 Å². The van der Waals surface area contributed by atoms with Gasteiger partial charge in [0.2, 0.25) is 0 Å². The van der Waals surface area contributed by atoms with Crippen molar-refractivity contribution in [3.63, 3.8) is 0 Å². The number of benzene rings is 1. The maximum absolute atomic E-state index is 8.99. The van der Waals surface area contributed by atoms with Crippen LogP contribution in [-0.4, -0.2) is 12.0 Å². The first-order valence-electron chi connectivity index (χ1n) is 6.04. The fourth-order valence-electron chi connectivity index (χ4n) is 1.70. The number of nitrogens with zero attached hydrogens (tertiary/aromatic N) is 2. The molecular formula is C15H15N3O. The second-order valence-corrected chi connectivity index (χ2v) is 4.07. The van der Waals surface area contributed by atoms with Crippen molar-refractivity contribution < 1.29 is 4.74 Å². The average Bonchev–Trinajstić information content (AvgIpc) is 2.47. The Morgan fingerprint density at radius 3 is 2.79 bits per heavy atom. The van der Waals surface area contributed by atoms with E-state index in [4.69, 9.17) is 10.00 Å². The zero-order valence-corrected chi connectivity index (χ0v) is 10.8. The first-order valence-corrected chi connectivity index (χ1v) is 6.04. The maximum atomic E-state index is 8.99. The van der Waals surface area contributed by atoms with E-state index in [1.165, 1.54) is 0 Å². The van der Waals surface area contributed by atoms with E-state index in [2.05, 4.69) is 16.4 Å². The van der Waals surface area contributed by atoms with Gasteiger partial charge >= 0.3 is 0 Å². The normalized spacial score (nSPS) is 9.89. The summed E-state index contributed by atoms with van der Waals surface area (Å²) in [4.78, 5) is 4.27. The van der Waals surface area contributed by atoms with E-state index in [1.54, 1.807) is 12.3 Å². The Morgan fingerprint density at radius 1 is 1.26 bits per heavy atom. The van der Waals surface area contributed by atoms with Gasteiger partial charge in [0.1, 0.15) is 12.4 Å². The number of hydrogen-bond acceptors (Lipinski definition) is 4. The largest absolute Gasteiger partial charge is 0.487 e. The molecule has 0 saturated heterocycles. The lowest BCUT2D eigenvalue weighted by molar-refractivity contribution is 0.304. The molecule has 19 heavy (non-hydrogen) atoms. The van der Waals surface area contributed by atoms with Crippen molar-refractivity contribution in [3.8, 4) is 11.8 Å². The van der Waals surface area contributed by atoms with Crippen LogP contribution < -0.4 is 10.1 Å². The smallest absolute Gasteiger partial charge is 0.138 e. The molecular weight excluding hydrogens is 238 g/mol. The Bertz CT molecular complexity index is 573. The van der Waals surface area contributed by atoms with Gasteiger partial charge in [-0.2, -0.15) is 5.26 Å². The van der Waals surface area contributed by atoms with Gasteiger partial charge in [0.05, 0.1) is 23.5 Å². The first-order chi connectivity index (χ1) is 9.33. The van der Waals surface area contributed by atoms with Crippen LogP contribution in [0.25, 0.3) is 0 Å². The van der Waals surface area contributed by atoms with E-state index >= 15 is 0 Å². The van der Waals surface area contributed by atoms with E-state index in [1.807, 2.05) is 37.4 Å². The summed E-state index contributed by atoms with van der Waals surface area (Å²) in [6, 6.07) is 13.4. The third-order valence-corrected chi connectivity index (χ3v) is 2.69. The molecule has 0 atom stereocenters. The molecule has 4 nitrogen and oxygen atoms in total. The summed E-state index contributed by atoms with van der Waals surface area (Å²) in [7, 11) is 1.88. The van der Waals surface area contributed by atoms with Gasteiger partial charge in [0.25, 0.3) is 0 Å². The predicted molar refractivity (Wildman–Crippen MR) is 72.5 cm³/mol. The number of ether oxygens (including phenoxy) is 1. The van der Waals surface area contributed by atoms with Crippen LogP contribution in [-0.2, 0) is 13.2 Å². The molecule has 1 N–H and O–H groups in total. The van der Waals surface area contributed by atoms with E-state index in [9.17, 15) is 0 Å². The van der Waals surface area contributed by atoms with Gasteiger partial charge in [-0.3, -0.25) is 4.98 Å². The van der Waals surface area contributed by atoms with Crippen molar-refractivity contribution in [1.82, 2.24) is 10.3 Å². The second kappa shape index (κ2) is 6.53. The molecule has 0 aliphatic rings. The van der Waals surface area contributed by atoms with Gasteiger partial charge in [-0.15, -0.1) is 0 Å². The van der Waals surface area contributed by atoms with Gasteiger partial charge in [-0.25, -0.2) is 0 Å². The molecule has 0 spiro atoms. The van der Waals surface area contributed by atoms with Gasteiger partial charge in [-0.1, -0.05) is 18.2 Å². The molecule has 1 heterocycles. The highest BCUT2D eigenvalue weighted by Crippen LogP contribution is 2.14. The highest BCUT2D eigenvalue weighted by atomic mass is 16.5. The molecule has 1 aromatic heterocycles. The Hall–Kier alpha value is -2.38. The van der Waals surface area contributed by atoms with Crippen LogP contribution in [0, 0.1) is 11.3 Å². The third kappa shape index (κ3) is 3.54. The topological polar surface area (TPSA) is 57.9 Å². The Labute approximate surface area is 112 Å². The third-order valence-electron chi connectivity index (χ3n) is 2.69. The highest BCUT2D eigenvalue weighted by Gasteiger charge is 2.02. The van der Waals surface area contributed by atoms with Gasteiger partial charge in [0, 0.05) is 12.1 Å². The van der Waals surface area contributed by atoms with E-state index in [-0.39, 0.29) is 0 Å². The van der Waals surface area contributed by atoms with Crippen molar-refractivity contribution in [2.45, 2.75) is 13.2 Å². The molecule has 0 amide bonds. The SMILES string of the molecule is CNCc1ccc(OCc2ccccc2C#N)cn1. The van der Waals surface area contributed by atoms with Crippen molar-refractivity contribution in [2.75, 3.05) is 7.05 Å². The number of aromatic nitrogens is 1. The minimum atomic E-state index is 0.372. The zero-order chi connectivity index (χ0) is 13.5. The number of rotatable bonds is 5. The maximum Gasteiger partial charge on any atom is 0.138 e. The Morgan fingerprint density at radius 2 is 2.11 bits per heavy atom. The second-order valence-electron chi connectivity index (χ2n) is 4.07. The summed E-state index contributed by atoms with van der Waals surface area (Å²) in [5, 5.41) is 12.0. The van der Waals surface area contributed by atoms with Crippen LogP contribution in [0.15, 0.2) is 42.6 Å². The van der Waals surface area contributed by atoms with Crippen LogP contribution in [0.5, 0.6) is 5.75 Å². The number of pyridine rings is 1. The number of nitriles is 1. The molecule has 0 saturated carbocycles. The van der Waals surface area contributed by atoms with Gasteiger partial charge < -0.3 is 10.1 Å². The van der Waals surface area contributed by atoms with Crippen molar-refractivity contribution in [1.29, 1.82) is 5.26 Å². The molecule has 0 fully saturated rings. The van der Waals surface area contributed by atoms with Crippen LogP contribution in [0.4, 0.5) is 0 Å². The lowest BCUT2D eigenvalue weighted by atomic mass is 10.1. The van der Waals surface area contributed by atoms with Gasteiger partial charge in [0.15, 0.2) is 0 Å². The first kappa shape index (κ1) is 13.1. The van der Waals surface area contributed by atoms with Crippen molar-refractivity contribution >= 4 is 0 Å². The number of hydrogen-bond donors (Lipinski definition) is 1. The van der Waals surface area contributed by atoms with Crippen molar-refractivity contribution in [2.24, 2.45) is 0 Å². The van der Waals surface area contributed by atoms with Crippen LogP contribution >= 0.6 is 0 Å². The standard InChI is InChI=1S/C15H15N3O/c1-17-9-14-6-7-15(10-18-14)19-11-13-5-3-2-4-12(13)8-16/h2-7,10,17H,9,11H2,1H3. The van der Waals surface area contributed by atoms with E-state index in [0.29, 0.717) is 17.9 Å². The molecule has 0 aliphatic carbocycles. The molecule has 0 aliphatic heterocycles. The van der Waals surface area contributed by atoms with E-state index in [0.717, 1.165) is 17.8 Å². The summed E-state index contributed by atoms with van der Waals surface area (Å²) in [5.74, 6) is 0.701. The Balaban J connectivity index is 2.00. The summed E-state index contributed by atoms with van der Waals surface area (Å²) in [5.41, 5.74) is 2.49.